The van der Waals surface area contributed by atoms with Gasteiger partial charge in [-0.3, -0.25) is 9.59 Å². The topological polar surface area (TPSA) is 84.7 Å². The van der Waals surface area contributed by atoms with Crippen LogP contribution in [-0.2, 0) is 9.59 Å². The average molecular weight is 302 g/mol. The maximum Gasteiger partial charge on any atom is 0.259 e. The van der Waals surface area contributed by atoms with Gasteiger partial charge in [0.05, 0.1) is 6.04 Å². The summed E-state index contributed by atoms with van der Waals surface area (Å²) < 4.78 is 5.31. The molecule has 1 rings (SSSR count). The minimum Gasteiger partial charge on any atom is -0.484 e. The lowest BCUT2D eigenvalue weighted by Gasteiger charge is -2.12. The molecule has 0 aliphatic heterocycles. The normalized spacial score (nSPS) is 11.0. The van der Waals surface area contributed by atoms with Gasteiger partial charge in [-0.15, -0.1) is 12.4 Å². The lowest BCUT2D eigenvalue weighted by atomic mass is 10.2. The number of carbonyl (C=O) groups excluding carboxylic acids is 2. The number of hydrogen-bond donors (Lipinski definition) is 2. The summed E-state index contributed by atoms with van der Waals surface area (Å²) in [6, 6.07) is 6.18. The first-order valence-electron chi connectivity index (χ1n) is 5.89. The summed E-state index contributed by atoms with van der Waals surface area (Å²) in [5, 5.41) is 2.66. The summed E-state index contributed by atoms with van der Waals surface area (Å²) in [5.41, 5.74) is 6.08. The molecule has 1 aromatic rings. The number of nitrogens with one attached hydrogen (secondary N) is 1. The van der Waals surface area contributed by atoms with Crippen molar-refractivity contribution in [3.8, 4) is 5.75 Å². The van der Waals surface area contributed by atoms with Gasteiger partial charge in [0.15, 0.2) is 6.61 Å². The third-order valence-corrected chi connectivity index (χ3v) is 2.40. The van der Waals surface area contributed by atoms with Crippen LogP contribution >= 0.6 is 12.4 Å². The molecular weight excluding hydrogens is 282 g/mol. The van der Waals surface area contributed by atoms with Crippen LogP contribution in [0.2, 0.25) is 0 Å². The van der Waals surface area contributed by atoms with Gasteiger partial charge in [0.1, 0.15) is 5.75 Å². The summed E-state index contributed by atoms with van der Waals surface area (Å²) in [6.45, 7) is 1.60. The molecule has 0 saturated heterocycles. The molecule has 0 unspecified atom stereocenters. The molecule has 1 atom stereocenters. The smallest absolute Gasteiger partial charge is 0.259 e. The molecule has 1 aromatic carbocycles. The zero-order valence-electron chi connectivity index (χ0n) is 11.8. The van der Waals surface area contributed by atoms with Crippen LogP contribution in [0.1, 0.15) is 6.92 Å². The van der Waals surface area contributed by atoms with E-state index in [0.29, 0.717) is 11.4 Å². The van der Waals surface area contributed by atoms with Crippen molar-refractivity contribution < 1.29 is 14.3 Å². The predicted octanol–water partition coefficient (Wildman–Crippen LogP) is 0.861. The van der Waals surface area contributed by atoms with E-state index in [1.807, 2.05) is 0 Å². The maximum atomic E-state index is 11.4. The van der Waals surface area contributed by atoms with Gasteiger partial charge in [0.25, 0.3) is 5.91 Å². The number of hydrogen-bond acceptors (Lipinski definition) is 4. The van der Waals surface area contributed by atoms with Gasteiger partial charge >= 0.3 is 0 Å². The minimum absolute atomic E-state index is 0. The molecule has 0 aliphatic rings. The Bertz CT molecular complexity index is 447. The Kier molecular flexibility index (Phi) is 7.64. The molecule has 6 nitrogen and oxygen atoms in total. The van der Waals surface area contributed by atoms with E-state index in [2.05, 4.69) is 5.32 Å². The van der Waals surface area contributed by atoms with Crippen LogP contribution in [0.5, 0.6) is 5.75 Å². The number of ether oxygens (including phenoxy) is 1. The zero-order valence-corrected chi connectivity index (χ0v) is 12.6. The number of carbonyl (C=O) groups is 2. The van der Waals surface area contributed by atoms with Gasteiger partial charge < -0.3 is 20.7 Å². The SMILES string of the molecule is C[C@@H](N)C(=O)Nc1ccc(OCC(=O)N(C)C)cc1.Cl. The number of amides is 2. The Labute approximate surface area is 124 Å². The highest BCUT2D eigenvalue weighted by atomic mass is 35.5. The van der Waals surface area contributed by atoms with E-state index < -0.39 is 6.04 Å². The summed E-state index contributed by atoms with van der Waals surface area (Å²) in [7, 11) is 3.33. The summed E-state index contributed by atoms with van der Waals surface area (Å²) >= 11 is 0. The average Bonchev–Trinajstić information content (AvgIpc) is 2.37. The highest BCUT2D eigenvalue weighted by molar-refractivity contribution is 5.94. The molecule has 20 heavy (non-hydrogen) atoms. The van der Waals surface area contributed by atoms with Crippen molar-refractivity contribution >= 4 is 29.9 Å². The van der Waals surface area contributed by atoms with Gasteiger partial charge in [0.2, 0.25) is 5.91 Å². The summed E-state index contributed by atoms with van der Waals surface area (Å²) in [6.07, 6.45) is 0. The molecule has 0 aromatic heterocycles. The van der Waals surface area contributed by atoms with Crippen molar-refractivity contribution in [2.75, 3.05) is 26.0 Å². The Morgan fingerprint density at radius 3 is 2.30 bits per heavy atom. The van der Waals surface area contributed by atoms with Crippen molar-refractivity contribution in [1.82, 2.24) is 4.90 Å². The Hall–Kier alpha value is -1.79. The lowest BCUT2D eigenvalue weighted by Crippen LogP contribution is -2.32. The van der Waals surface area contributed by atoms with Crippen LogP contribution in [0, 0.1) is 0 Å². The Morgan fingerprint density at radius 2 is 1.85 bits per heavy atom. The maximum absolute atomic E-state index is 11.4. The van der Waals surface area contributed by atoms with Crippen molar-refractivity contribution in [1.29, 1.82) is 0 Å². The number of nitrogens with two attached hydrogens (primary N) is 1. The molecule has 0 radical (unpaired) electrons. The molecule has 0 fully saturated rings. The second-order valence-corrected chi connectivity index (χ2v) is 4.38. The van der Waals surface area contributed by atoms with Crippen LogP contribution in [0.15, 0.2) is 24.3 Å². The second-order valence-electron chi connectivity index (χ2n) is 4.38. The van der Waals surface area contributed by atoms with Crippen LogP contribution in [-0.4, -0.2) is 43.5 Å². The van der Waals surface area contributed by atoms with Crippen molar-refractivity contribution in [3.63, 3.8) is 0 Å². The molecule has 7 heteroatoms. The first-order valence-corrected chi connectivity index (χ1v) is 5.89. The fraction of sp³-hybridized carbons (Fsp3) is 0.385. The van der Waals surface area contributed by atoms with Crippen LogP contribution < -0.4 is 15.8 Å². The second kappa shape index (κ2) is 8.39. The van der Waals surface area contributed by atoms with Crippen molar-refractivity contribution in [2.45, 2.75) is 13.0 Å². The standard InChI is InChI=1S/C13H19N3O3.ClH/c1-9(14)13(18)15-10-4-6-11(7-5-10)19-8-12(17)16(2)3;/h4-7,9H,8,14H2,1-3H3,(H,15,18);1H/t9-;/m1./s1. The highest BCUT2D eigenvalue weighted by Gasteiger charge is 2.08. The predicted molar refractivity (Wildman–Crippen MR) is 80.2 cm³/mol. The number of anilines is 1. The molecule has 2 amide bonds. The van der Waals surface area contributed by atoms with Gasteiger partial charge in [-0.25, -0.2) is 0 Å². The van der Waals surface area contributed by atoms with Gasteiger partial charge in [-0.2, -0.15) is 0 Å². The molecular formula is C13H20ClN3O3. The van der Waals surface area contributed by atoms with Crippen molar-refractivity contribution in [3.05, 3.63) is 24.3 Å². The Morgan fingerprint density at radius 1 is 1.30 bits per heavy atom. The first-order chi connectivity index (χ1) is 8.90. The lowest BCUT2D eigenvalue weighted by molar-refractivity contribution is -0.130. The number of nitrogens with zero attached hydrogens (tertiary/aromatic N) is 1. The minimum atomic E-state index is -0.561. The van der Waals surface area contributed by atoms with E-state index in [1.54, 1.807) is 45.3 Å². The van der Waals surface area contributed by atoms with E-state index in [9.17, 15) is 9.59 Å². The molecule has 0 bridgehead atoms. The molecule has 112 valence electrons. The van der Waals surface area contributed by atoms with E-state index in [0.717, 1.165) is 0 Å². The summed E-state index contributed by atoms with van der Waals surface area (Å²) in [5.74, 6) is 0.194. The molecule has 0 heterocycles. The molecule has 0 aliphatic carbocycles. The number of benzene rings is 1. The summed E-state index contributed by atoms with van der Waals surface area (Å²) in [4.78, 5) is 24.2. The third kappa shape index (κ3) is 5.90. The molecule has 0 spiro atoms. The van der Waals surface area contributed by atoms with Gasteiger partial charge in [-0.05, 0) is 31.2 Å². The Balaban J connectivity index is 0.00000361. The number of likely N-dealkylation sites (N-methyl/N-ethyl adjacent to an activating group) is 1. The van der Waals surface area contributed by atoms with Gasteiger partial charge in [0, 0.05) is 19.8 Å². The highest BCUT2D eigenvalue weighted by Crippen LogP contribution is 2.15. The van der Waals surface area contributed by atoms with E-state index in [-0.39, 0.29) is 30.8 Å². The van der Waals surface area contributed by atoms with Crippen molar-refractivity contribution in [2.24, 2.45) is 5.73 Å². The van der Waals surface area contributed by atoms with Crippen LogP contribution in [0.4, 0.5) is 5.69 Å². The monoisotopic (exact) mass is 301 g/mol. The fourth-order valence-electron chi connectivity index (χ4n) is 1.16. The first kappa shape index (κ1) is 18.2. The largest absolute Gasteiger partial charge is 0.484 e. The fourth-order valence-corrected chi connectivity index (χ4v) is 1.16. The quantitative estimate of drug-likeness (QED) is 0.845. The van der Waals surface area contributed by atoms with Gasteiger partial charge in [-0.1, -0.05) is 0 Å². The van der Waals surface area contributed by atoms with Crippen LogP contribution in [0.25, 0.3) is 0 Å². The molecule has 3 N–H and O–H groups in total. The van der Waals surface area contributed by atoms with E-state index in [4.69, 9.17) is 10.5 Å². The zero-order chi connectivity index (χ0) is 14.4. The third-order valence-electron chi connectivity index (χ3n) is 2.40. The van der Waals surface area contributed by atoms with Crippen LogP contribution in [0.3, 0.4) is 0 Å². The van der Waals surface area contributed by atoms with E-state index in [1.165, 1.54) is 4.90 Å². The molecule has 0 saturated carbocycles. The van der Waals surface area contributed by atoms with E-state index >= 15 is 0 Å². The number of halogens is 1. The number of rotatable bonds is 5.